The number of benzene rings is 1. The van der Waals surface area contributed by atoms with E-state index in [0.29, 0.717) is 12.5 Å². The van der Waals surface area contributed by atoms with Crippen LogP contribution in [0.2, 0.25) is 0 Å². The number of amides is 1. The number of carbonyl (C=O) groups excluding carboxylic acids is 1. The zero-order chi connectivity index (χ0) is 20.7. The minimum atomic E-state index is -0.453. The molecule has 0 unspecified atom stereocenters. The highest BCUT2D eigenvalue weighted by atomic mass is 16.2. The van der Waals surface area contributed by atoms with Crippen LogP contribution in [0.5, 0.6) is 0 Å². The van der Waals surface area contributed by atoms with Crippen LogP contribution in [0.3, 0.4) is 0 Å². The smallest absolute Gasteiger partial charge is 0.251 e. The van der Waals surface area contributed by atoms with Crippen LogP contribution in [0.1, 0.15) is 29.6 Å². The molecule has 2 aromatic heterocycles. The molecule has 5 rings (SSSR count). The molecular formula is C23H25N5O2. The van der Waals surface area contributed by atoms with Gasteiger partial charge in [0.25, 0.3) is 5.56 Å². The van der Waals surface area contributed by atoms with Crippen molar-refractivity contribution in [2.24, 2.45) is 5.92 Å². The van der Waals surface area contributed by atoms with Crippen LogP contribution in [0, 0.1) is 5.92 Å². The predicted molar refractivity (Wildman–Crippen MR) is 113 cm³/mol. The highest BCUT2D eigenvalue weighted by molar-refractivity contribution is 5.81. The topological polar surface area (TPSA) is 72.2 Å². The third-order valence-electron chi connectivity index (χ3n) is 6.30. The molecule has 1 N–H and O–H groups in total. The highest BCUT2D eigenvalue weighted by Crippen LogP contribution is 2.39. The summed E-state index contributed by atoms with van der Waals surface area (Å²) in [5.41, 5.74) is 2.91. The third kappa shape index (κ3) is 3.25. The normalized spacial score (nSPS) is 22.4. The Kier molecular flexibility index (Phi) is 4.75. The molecular weight excluding hydrogens is 378 g/mol. The summed E-state index contributed by atoms with van der Waals surface area (Å²) < 4.78 is 3.55. The summed E-state index contributed by atoms with van der Waals surface area (Å²) in [7, 11) is 1.82. The zero-order valence-electron chi connectivity index (χ0n) is 16.9. The third-order valence-corrected chi connectivity index (χ3v) is 6.30. The lowest BCUT2D eigenvalue weighted by Crippen LogP contribution is -2.52. The fraction of sp³-hybridized carbons (Fsp3) is 0.348. The van der Waals surface area contributed by atoms with E-state index in [1.165, 1.54) is 0 Å². The summed E-state index contributed by atoms with van der Waals surface area (Å²) in [4.78, 5) is 27.9. The molecule has 7 heteroatoms. The van der Waals surface area contributed by atoms with E-state index in [1.807, 2.05) is 49.6 Å². The number of piperidine rings is 1. The number of aromatic nitrogens is 3. The first-order chi connectivity index (χ1) is 14.6. The second-order valence-corrected chi connectivity index (χ2v) is 8.27. The van der Waals surface area contributed by atoms with Gasteiger partial charge in [-0.25, -0.2) is 4.68 Å². The Morgan fingerprint density at radius 1 is 1.17 bits per heavy atom. The molecule has 0 aliphatic carbocycles. The standard InChI is InChI=1S/C23H25N5O2/c1-26(15-16-6-8-19(9-7-16)27-11-3-10-25-27)23(30)22-18-12-17(13-24-14-18)20-4-2-5-21(29)28(20)22/h2-11,17-18,22,24H,12-15H2,1H3/t17-,18+,22-/m1/s1. The number of pyridine rings is 1. The molecule has 3 aromatic rings. The fourth-order valence-electron chi connectivity index (χ4n) is 4.86. The monoisotopic (exact) mass is 403 g/mol. The first kappa shape index (κ1) is 18.8. The number of nitrogens with one attached hydrogen (secondary N) is 1. The minimum absolute atomic E-state index is 0.00662. The summed E-state index contributed by atoms with van der Waals surface area (Å²) in [6.07, 6.45) is 4.59. The number of carbonyl (C=O) groups is 1. The van der Waals surface area contributed by atoms with Gasteiger partial charge in [0.15, 0.2) is 0 Å². The van der Waals surface area contributed by atoms with E-state index in [2.05, 4.69) is 10.4 Å². The van der Waals surface area contributed by atoms with E-state index in [4.69, 9.17) is 0 Å². The van der Waals surface area contributed by atoms with Crippen molar-refractivity contribution in [1.29, 1.82) is 0 Å². The van der Waals surface area contributed by atoms with E-state index in [9.17, 15) is 9.59 Å². The van der Waals surface area contributed by atoms with Gasteiger partial charge in [-0.15, -0.1) is 0 Å². The second kappa shape index (κ2) is 7.57. The maximum Gasteiger partial charge on any atom is 0.251 e. The van der Waals surface area contributed by atoms with Gasteiger partial charge in [-0.05, 0) is 36.2 Å². The van der Waals surface area contributed by atoms with E-state index in [0.717, 1.165) is 36.5 Å². The van der Waals surface area contributed by atoms with Gasteiger partial charge in [-0.2, -0.15) is 5.10 Å². The maximum absolute atomic E-state index is 13.5. The van der Waals surface area contributed by atoms with Gasteiger partial charge in [-0.1, -0.05) is 18.2 Å². The van der Waals surface area contributed by atoms with Crippen LogP contribution in [-0.4, -0.2) is 45.3 Å². The molecule has 2 bridgehead atoms. The Bertz CT molecular complexity index is 1100. The van der Waals surface area contributed by atoms with Crippen LogP contribution in [0.25, 0.3) is 5.69 Å². The Balaban J connectivity index is 1.39. The number of rotatable bonds is 4. The predicted octanol–water partition coefficient (Wildman–Crippen LogP) is 1.94. The molecule has 30 heavy (non-hydrogen) atoms. The van der Waals surface area contributed by atoms with E-state index in [1.54, 1.807) is 32.5 Å². The number of fused-ring (bicyclic) bond motifs is 4. The van der Waals surface area contributed by atoms with Gasteiger partial charge in [-0.3, -0.25) is 14.2 Å². The van der Waals surface area contributed by atoms with Crippen molar-refractivity contribution >= 4 is 5.91 Å². The Morgan fingerprint density at radius 3 is 2.77 bits per heavy atom. The van der Waals surface area contributed by atoms with Crippen LogP contribution in [0.4, 0.5) is 0 Å². The molecule has 0 radical (unpaired) electrons. The lowest BCUT2D eigenvalue weighted by atomic mass is 9.79. The molecule has 0 spiro atoms. The lowest BCUT2D eigenvalue weighted by Gasteiger charge is -2.43. The van der Waals surface area contributed by atoms with Crippen LogP contribution < -0.4 is 10.9 Å². The Labute approximate surface area is 174 Å². The fourth-order valence-corrected chi connectivity index (χ4v) is 4.86. The molecule has 7 nitrogen and oxygen atoms in total. The maximum atomic E-state index is 13.5. The molecule has 3 atom stereocenters. The summed E-state index contributed by atoms with van der Waals surface area (Å²) in [6.45, 7) is 2.12. The van der Waals surface area contributed by atoms with E-state index in [-0.39, 0.29) is 17.4 Å². The molecule has 1 fully saturated rings. The number of hydrogen-bond donors (Lipinski definition) is 1. The molecule has 2 aliphatic rings. The Morgan fingerprint density at radius 2 is 2.00 bits per heavy atom. The second-order valence-electron chi connectivity index (χ2n) is 8.27. The molecule has 154 valence electrons. The molecule has 0 saturated carbocycles. The van der Waals surface area contributed by atoms with Crippen LogP contribution in [0.15, 0.2) is 65.7 Å². The van der Waals surface area contributed by atoms with Crippen molar-refractivity contribution in [3.05, 3.63) is 82.5 Å². The average Bonchev–Trinajstić information content (AvgIpc) is 3.30. The average molecular weight is 403 g/mol. The summed E-state index contributed by atoms with van der Waals surface area (Å²) >= 11 is 0. The number of hydrogen-bond acceptors (Lipinski definition) is 4. The zero-order valence-corrected chi connectivity index (χ0v) is 16.9. The van der Waals surface area contributed by atoms with Gasteiger partial charge >= 0.3 is 0 Å². The number of likely N-dealkylation sites (N-methyl/N-ethyl adjacent to an activating group) is 1. The molecule has 1 amide bonds. The van der Waals surface area contributed by atoms with E-state index >= 15 is 0 Å². The molecule has 1 saturated heterocycles. The van der Waals surface area contributed by atoms with Gasteiger partial charge in [0.2, 0.25) is 5.91 Å². The summed E-state index contributed by atoms with van der Waals surface area (Å²) in [6, 6.07) is 14.8. The van der Waals surface area contributed by atoms with Gasteiger partial charge < -0.3 is 10.2 Å². The van der Waals surface area contributed by atoms with Crippen molar-refractivity contribution in [3.63, 3.8) is 0 Å². The van der Waals surface area contributed by atoms with Crippen molar-refractivity contribution in [2.45, 2.75) is 24.9 Å². The van der Waals surface area contributed by atoms with E-state index < -0.39 is 6.04 Å². The van der Waals surface area contributed by atoms with Gasteiger partial charge in [0.1, 0.15) is 6.04 Å². The van der Waals surface area contributed by atoms with Crippen molar-refractivity contribution < 1.29 is 4.79 Å². The van der Waals surface area contributed by atoms with Crippen molar-refractivity contribution in [2.75, 3.05) is 20.1 Å². The number of nitrogens with zero attached hydrogens (tertiary/aromatic N) is 4. The SMILES string of the molecule is CN(Cc1ccc(-n2cccn2)cc1)C(=O)[C@H]1[C@@H]2CNC[C@@H](C2)c2cccc(=O)n21. The quantitative estimate of drug-likeness (QED) is 0.723. The Hall–Kier alpha value is -3.19. The lowest BCUT2D eigenvalue weighted by molar-refractivity contribution is -0.136. The largest absolute Gasteiger partial charge is 0.340 e. The first-order valence-electron chi connectivity index (χ1n) is 10.4. The highest BCUT2D eigenvalue weighted by Gasteiger charge is 2.42. The molecule has 4 heterocycles. The van der Waals surface area contributed by atoms with Gasteiger partial charge in [0, 0.05) is 62.7 Å². The van der Waals surface area contributed by atoms with Crippen LogP contribution >= 0.6 is 0 Å². The summed E-state index contributed by atoms with van der Waals surface area (Å²) in [5, 5.41) is 7.69. The van der Waals surface area contributed by atoms with Crippen LogP contribution in [-0.2, 0) is 11.3 Å². The summed E-state index contributed by atoms with van der Waals surface area (Å²) in [5.74, 6) is 0.420. The first-order valence-corrected chi connectivity index (χ1v) is 10.4. The van der Waals surface area contributed by atoms with Gasteiger partial charge in [0.05, 0.1) is 5.69 Å². The molecule has 1 aromatic carbocycles. The molecule has 2 aliphatic heterocycles. The minimum Gasteiger partial charge on any atom is -0.340 e. The van der Waals surface area contributed by atoms with Crippen molar-refractivity contribution in [3.8, 4) is 5.69 Å². The van der Waals surface area contributed by atoms with Crippen molar-refractivity contribution in [1.82, 2.24) is 24.6 Å².